The third kappa shape index (κ3) is 3.65. The number of hydrogen-bond acceptors (Lipinski definition) is 8. The number of rotatable bonds is 4. The summed E-state index contributed by atoms with van der Waals surface area (Å²) in [6.45, 7) is -0.818. The van der Waals surface area contributed by atoms with Gasteiger partial charge in [-0.2, -0.15) is 0 Å². The summed E-state index contributed by atoms with van der Waals surface area (Å²) in [7, 11) is 0. The highest BCUT2D eigenvalue weighted by Crippen LogP contribution is 2.61. The SMILES string of the molecule is CC(C)OP1(=S)OC[C@@]2(C(F)F)O[C@@H](n3cc(Cl)c(=O)[nH]c3=O)[C@@H](O)[C@@H]2O1. The minimum absolute atomic E-state index is 0.392. The summed E-state index contributed by atoms with van der Waals surface area (Å²) in [6, 6.07) is 0. The Morgan fingerprint density at radius 2 is 2.19 bits per heavy atom. The van der Waals surface area contributed by atoms with Crippen molar-refractivity contribution >= 4 is 30.1 Å². The van der Waals surface area contributed by atoms with Crippen molar-refractivity contribution in [1.82, 2.24) is 9.55 Å². The smallest absolute Gasteiger partial charge is 0.330 e. The van der Waals surface area contributed by atoms with E-state index in [9.17, 15) is 23.5 Å². The molecule has 152 valence electrons. The largest absolute Gasteiger partial charge is 0.386 e. The minimum atomic E-state index is -3.42. The average molecular weight is 449 g/mol. The molecule has 2 saturated heterocycles. The predicted octanol–water partition coefficient (Wildman–Crippen LogP) is 1.15. The molecule has 5 atom stereocenters. The molecule has 1 aromatic rings. The molecule has 3 rings (SSSR count). The Balaban J connectivity index is 2.01. The number of hydrogen-bond donors (Lipinski definition) is 2. The zero-order chi connectivity index (χ0) is 20.1. The maximum absolute atomic E-state index is 13.9. The van der Waals surface area contributed by atoms with Crippen LogP contribution in [-0.4, -0.2) is 51.6 Å². The number of fused-ring (bicyclic) bond motifs is 1. The first-order valence-electron chi connectivity index (χ1n) is 7.75. The molecule has 2 fully saturated rings. The molecule has 1 unspecified atom stereocenters. The van der Waals surface area contributed by atoms with E-state index in [4.69, 9.17) is 41.7 Å². The van der Waals surface area contributed by atoms with Gasteiger partial charge in [-0.25, -0.2) is 13.6 Å². The fourth-order valence-electron chi connectivity index (χ4n) is 2.84. The monoisotopic (exact) mass is 448 g/mol. The van der Waals surface area contributed by atoms with Crippen LogP contribution in [0.3, 0.4) is 0 Å². The number of halogens is 3. The fourth-order valence-corrected chi connectivity index (χ4v) is 5.57. The van der Waals surface area contributed by atoms with Gasteiger partial charge in [0.25, 0.3) is 12.0 Å². The molecule has 27 heavy (non-hydrogen) atoms. The van der Waals surface area contributed by atoms with E-state index in [-0.39, 0.29) is 0 Å². The lowest BCUT2D eigenvalue weighted by atomic mass is 9.96. The van der Waals surface area contributed by atoms with Gasteiger partial charge in [-0.1, -0.05) is 11.6 Å². The summed E-state index contributed by atoms with van der Waals surface area (Å²) >= 11 is 10.8. The second-order valence-electron chi connectivity index (χ2n) is 6.30. The van der Waals surface area contributed by atoms with E-state index < -0.39 is 66.2 Å². The summed E-state index contributed by atoms with van der Waals surface area (Å²) in [5, 5.41) is 10.2. The molecular weight excluding hydrogens is 433 g/mol. The van der Waals surface area contributed by atoms with E-state index in [0.29, 0.717) is 4.57 Å². The highest BCUT2D eigenvalue weighted by Gasteiger charge is 2.66. The van der Waals surface area contributed by atoms with Crippen molar-refractivity contribution in [3.05, 3.63) is 32.1 Å². The van der Waals surface area contributed by atoms with Gasteiger partial charge in [0.2, 0.25) is 0 Å². The number of aromatic amines is 1. The summed E-state index contributed by atoms with van der Waals surface area (Å²) in [6.07, 6.45) is -7.65. The number of alkyl halides is 2. The Kier molecular flexibility index (Phi) is 5.65. The number of H-pyrrole nitrogens is 1. The van der Waals surface area contributed by atoms with Crippen molar-refractivity contribution in [3.8, 4) is 0 Å². The average Bonchev–Trinajstić information content (AvgIpc) is 2.84. The highest BCUT2D eigenvalue weighted by atomic mass is 35.5. The van der Waals surface area contributed by atoms with Crippen LogP contribution in [0.25, 0.3) is 0 Å². The molecule has 2 N–H and O–H groups in total. The summed E-state index contributed by atoms with van der Waals surface area (Å²) in [5.41, 5.74) is -4.25. The second-order valence-corrected chi connectivity index (χ2v) is 9.62. The van der Waals surface area contributed by atoms with Gasteiger partial charge in [-0.05, 0) is 25.7 Å². The van der Waals surface area contributed by atoms with Crippen molar-refractivity contribution < 1.29 is 32.2 Å². The number of aliphatic hydroxyl groups excluding tert-OH is 1. The first-order chi connectivity index (χ1) is 12.5. The number of aromatic nitrogens is 2. The molecule has 3 heterocycles. The summed E-state index contributed by atoms with van der Waals surface area (Å²) in [4.78, 5) is 25.3. The van der Waals surface area contributed by atoms with Gasteiger partial charge in [0.1, 0.15) is 17.2 Å². The van der Waals surface area contributed by atoms with Crippen LogP contribution in [0, 0.1) is 0 Å². The van der Waals surface area contributed by atoms with Gasteiger partial charge >= 0.3 is 12.4 Å². The topological polar surface area (TPSA) is 112 Å². The van der Waals surface area contributed by atoms with Crippen LogP contribution >= 0.6 is 18.3 Å². The fraction of sp³-hybridized carbons (Fsp3) is 0.692. The van der Waals surface area contributed by atoms with Gasteiger partial charge < -0.3 is 18.9 Å². The van der Waals surface area contributed by atoms with Crippen LogP contribution in [0.5, 0.6) is 0 Å². The standard InChI is InChI=1S/C13H16ClF2N2O7PS/c1-5(2)24-26(27)22-4-13(11(15)16)8(25-26)7(19)10(23-13)18-3-6(14)9(20)17-12(18)21/h3,5,7-8,10-11,19H,4H2,1-2H3,(H,17,20,21)/t7-,8-,10+,13+,26?/m0/s1. The van der Waals surface area contributed by atoms with Gasteiger partial charge in [-0.3, -0.25) is 18.9 Å². The van der Waals surface area contributed by atoms with Crippen LogP contribution in [0.15, 0.2) is 15.8 Å². The molecular formula is C13H16ClF2N2O7PS. The normalized spacial score (nSPS) is 36.4. The van der Waals surface area contributed by atoms with E-state index in [2.05, 4.69) is 0 Å². The van der Waals surface area contributed by atoms with Crippen molar-refractivity contribution in [1.29, 1.82) is 0 Å². The molecule has 2 aliphatic rings. The number of ether oxygens (including phenoxy) is 1. The lowest BCUT2D eigenvalue weighted by molar-refractivity contribution is -0.204. The van der Waals surface area contributed by atoms with Crippen molar-refractivity contribution in [3.63, 3.8) is 0 Å². The molecule has 0 aliphatic carbocycles. The van der Waals surface area contributed by atoms with Crippen molar-refractivity contribution in [2.45, 2.75) is 50.4 Å². The zero-order valence-corrected chi connectivity index (χ0v) is 16.5. The lowest BCUT2D eigenvalue weighted by Crippen LogP contribution is -2.56. The molecule has 9 nitrogen and oxygen atoms in total. The summed E-state index contributed by atoms with van der Waals surface area (Å²) in [5.74, 6) is 0. The first-order valence-corrected chi connectivity index (χ1v) is 10.7. The summed E-state index contributed by atoms with van der Waals surface area (Å²) < 4.78 is 49.8. The Bertz CT molecular complexity index is 896. The van der Waals surface area contributed by atoms with E-state index in [1.165, 1.54) is 0 Å². The highest BCUT2D eigenvalue weighted by molar-refractivity contribution is 8.07. The van der Waals surface area contributed by atoms with E-state index >= 15 is 0 Å². The van der Waals surface area contributed by atoms with Crippen LogP contribution in [0.4, 0.5) is 8.78 Å². The van der Waals surface area contributed by atoms with Gasteiger partial charge in [0.05, 0.1) is 12.7 Å². The molecule has 14 heteroatoms. The van der Waals surface area contributed by atoms with Crippen LogP contribution < -0.4 is 11.2 Å². The first kappa shape index (κ1) is 21.0. The molecule has 0 amide bonds. The third-order valence-electron chi connectivity index (χ3n) is 4.02. The zero-order valence-electron chi connectivity index (χ0n) is 14.0. The number of nitrogens with zero attached hydrogens (tertiary/aromatic N) is 1. The molecule has 1 aromatic heterocycles. The van der Waals surface area contributed by atoms with E-state index in [0.717, 1.165) is 6.20 Å². The Labute approximate surface area is 161 Å². The second kappa shape index (κ2) is 7.27. The molecule has 0 saturated carbocycles. The molecule has 0 aromatic carbocycles. The number of nitrogens with one attached hydrogen (secondary N) is 1. The van der Waals surface area contributed by atoms with E-state index in [1.807, 2.05) is 4.98 Å². The van der Waals surface area contributed by atoms with Crippen LogP contribution in [0.1, 0.15) is 20.1 Å². The van der Waals surface area contributed by atoms with Gasteiger partial charge in [0, 0.05) is 6.20 Å². The van der Waals surface area contributed by atoms with E-state index in [1.54, 1.807) is 13.8 Å². The van der Waals surface area contributed by atoms with Crippen LogP contribution in [0.2, 0.25) is 5.02 Å². The molecule has 0 spiro atoms. The van der Waals surface area contributed by atoms with Gasteiger partial charge in [0.15, 0.2) is 11.8 Å². The molecule has 2 aliphatic heterocycles. The maximum atomic E-state index is 13.9. The predicted molar refractivity (Wildman–Crippen MR) is 92.5 cm³/mol. The molecule has 0 bridgehead atoms. The number of aliphatic hydroxyl groups is 1. The molecule has 0 radical (unpaired) electrons. The van der Waals surface area contributed by atoms with Crippen LogP contribution in [-0.2, 0) is 30.1 Å². The maximum Gasteiger partial charge on any atom is 0.330 e. The Morgan fingerprint density at radius 3 is 2.78 bits per heavy atom. The lowest BCUT2D eigenvalue weighted by Gasteiger charge is -2.41. The van der Waals surface area contributed by atoms with Gasteiger partial charge in [-0.15, -0.1) is 0 Å². The van der Waals surface area contributed by atoms with Crippen molar-refractivity contribution in [2.75, 3.05) is 6.61 Å². The quantitative estimate of drug-likeness (QED) is 0.660. The third-order valence-corrected chi connectivity index (χ3v) is 6.74. The Morgan fingerprint density at radius 1 is 1.52 bits per heavy atom. The Hall–Kier alpha value is -0.720. The minimum Gasteiger partial charge on any atom is -0.386 e. The van der Waals surface area contributed by atoms with Crippen molar-refractivity contribution in [2.24, 2.45) is 0 Å².